The number of nitrogens with one attached hydrogen (secondary N) is 1. The lowest BCUT2D eigenvalue weighted by Gasteiger charge is -2.31. The zero-order chi connectivity index (χ0) is 24.6. The largest absolute Gasteiger partial charge is 0.354 e. The molecule has 0 aliphatic carbocycles. The summed E-state index contributed by atoms with van der Waals surface area (Å²) in [6.45, 7) is 7.99. The van der Waals surface area contributed by atoms with Crippen molar-refractivity contribution in [1.29, 1.82) is 0 Å². The summed E-state index contributed by atoms with van der Waals surface area (Å²) in [5.74, 6) is -0.410. The van der Waals surface area contributed by atoms with Gasteiger partial charge in [0.05, 0.1) is 11.9 Å². The van der Waals surface area contributed by atoms with Crippen LogP contribution in [0.4, 0.5) is 5.69 Å². The van der Waals surface area contributed by atoms with E-state index in [2.05, 4.69) is 5.32 Å². The minimum atomic E-state index is -3.71. The Morgan fingerprint density at radius 3 is 2.12 bits per heavy atom. The van der Waals surface area contributed by atoms with E-state index in [0.29, 0.717) is 25.2 Å². The summed E-state index contributed by atoms with van der Waals surface area (Å²) >= 11 is 0. The fraction of sp³-hybridized carbons (Fsp3) is 0.440. The lowest BCUT2D eigenvalue weighted by Crippen LogP contribution is -2.52. The van der Waals surface area contributed by atoms with E-state index in [9.17, 15) is 18.0 Å². The average Bonchev–Trinajstić information content (AvgIpc) is 2.76. The molecule has 0 spiro atoms. The molecule has 33 heavy (non-hydrogen) atoms. The Bertz CT molecular complexity index is 1020. The predicted octanol–water partition coefficient (Wildman–Crippen LogP) is 2.99. The molecule has 180 valence electrons. The summed E-state index contributed by atoms with van der Waals surface area (Å²) in [6.07, 6.45) is 1.63. The van der Waals surface area contributed by atoms with E-state index in [1.54, 1.807) is 31.2 Å². The second-order valence-electron chi connectivity index (χ2n) is 8.74. The lowest BCUT2D eigenvalue weighted by molar-refractivity contribution is -0.138. The molecule has 2 rings (SSSR count). The van der Waals surface area contributed by atoms with Crippen LogP contribution in [0.15, 0.2) is 54.6 Å². The Kier molecular flexibility index (Phi) is 9.46. The first-order valence-corrected chi connectivity index (χ1v) is 13.0. The number of sulfonamides is 1. The summed E-state index contributed by atoms with van der Waals surface area (Å²) in [5, 5.41) is 2.87. The van der Waals surface area contributed by atoms with Crippen LogP contribution in [-0.2, 0) is 26.0 Å². The van der Waals surface area contributed by atoms with Crippen LogP contribution in [0.3, 0.4) is 0 Å². The lowest BCUT2D eigenvalue weighted by atomic mass is 10.1. The topological polar surface area (TPSA) is 86.8 Å². The highest BCUT2D eigenvalue weighted by Crippen LogP contribution is 2.19. The number of nitrogens with zero attached hydrogens (tertiary/aromatic N) is 2. The highest BCUT2D eigenvalue weighted by molar-refractivity contribution is 7.92. The zero-order valence-electron chi connectivity index (χ0n) is 20.1. The van der Waals surface area contributed by atoms with Gasteiger partial charge in [0.2, 0.25) is 21.8 Å². The van der Waals surface area contributed by atoms with Crippen LogP contribution < -0.4 is 9.62 Å². The molecular formula is C25H35N3O4S. The molecule has 0 radical (unpaired) electrons. The van der Waals surface area contributed by atoms with Crippen molar-refractivity contribution in [2.45, 2.75) is 40.2 Å². The minimum absolute atomic E-state index is 0.258. The predicted molar refractivity (Wildman–Crippen MR) is 133 cm³/mol. The fourth-order valence-electron chi connectivity index (χ4n) is 3.35. The zero-order valence-corrected chi connectivity index (χ0v) is 20.9. The number of anilines is 1. The van der Waals surface area contributed by atoms with E-state index >= 15 is 0 Å². The Balaban J connectivity index is 2.27. The standard InChI is InChI=1S/C25H35N3O4S/c1-19(2)17-26-25(30)21(4)27(16-15-22-9-7-6-8-10-22)24(29)18-28(33(5,31)32)23-13-11-20(3)12-14-23/h6-14,19,21H,15-18H2,1-5H3,(H,26,30)/t21-/m0/s1. The van der Waals surface area contributed by atoms with Crippen LogP contribution in [-0.4, -0.2) is 57.1 Å². The summed E-state index contributed by atoms with van der Waals surface area (Å²) in [5.41, 5.74) is 2.43. The van der Waals surface area contributed by atoms with Gasteiger partial charge in [0.25, 0.3) is 0 Å². The fourth-order valence-corrected chi connectivity index (χ4v) is 4.20. The first-order valence-electron chi connectivity index (χ1n) is 11.1. The molecule has 0 aliphatic heterocycles. The molecule has 2 amide bonds. The van der Waals surface area contributed by atoms with Crippen molar-refractivity contribution in [3.8, 4) is 0 Å². The number of hydrogen-bond acceptors (Lipinski definition) is 4. The average molecular weight is 474 g/mol. The number of hydrogen-bond donors (Lipinski definition) is 1. The van der Waals surface area contributed by atoms with E-state index < -0.39 is 22.0 Å². The van der Waals surface area contributed by atoms with Crippen LogP contribution >= 0.6 is 0 Å². The molecule has 0 saturated heterocycles. The molecule has 0 aliphatic rings. The van der Waals surface area contributed by atoms with Crippen LogP contribution in [0, 0.1) is 12.8 Å². The monoisotopic (exact) mass is 473 g/mol. The van der Waals surface area contributed by atoms with Crippen molar-refractivity contribution >= 4 is 27.5 Å². The highest BCUT2D eigenvalue weighted by Gasteiger charge is 2.29. The SMILES string of the molecule is Cc1ccc(N(CC(=O)N(CCc2ccccc2)[C@@H](C)C(=O)NCC(C)C)S(C)(=O)=O)cc1. The second-order valence-corrected chi connectivity index (χ2v) is 10.6. The van der Waals surface area contributed by atoms with Gasteiger partial charge in [0.1, 0.15) is 12.6 Å². The first-order chi connectivity index (χ1) is 15.5. The Labute approximate surface area is 197 Å². The number of carbonyl (C=O) groups excluding carboxylic acids is 2. The van der Waals surface area contributed by atoms with Crippen LogP contribution in [0.25, 0.3) is 0 Å². The second kappa shape index (κ2) is 11.8. The van der Waals surface area contributed by atoms with E-state index in [-0.39, 0.29) is 18.4 Å². The third-order valence-electron chi connectivity index (χ3n) is 5.34. The molecule has 0 heterocycles. The van der Waals surface area contributed by atoms with Crippen LogP contribution in [0.5, 0.6) is 0 Å². The van der Waals surface area contributed by atoms with E-state index in [1.165, 1.54) is 4.90 Å². The number of rotatable bonds is 11. The van der Waals surface area contributed by atoms with Crippen LogP contribution in [0.2, 0.25) is 0 Å². The Morgan fingerprint density at radius 1 is 0.970 bits per heavy atom. The van der Waals surface area contributed by atoms with Crippen LogP contribution in [0.1, 0.15) is 31.9 Å². The molecule has 2 aromatic rings. The quantitative estimate of drug-likeness (QED) is 0.544. The highest BCUT2D eigenvalue weighted by atomic mass is 32.2. The van der Waals surface area contributed by atoms with Crippen molar-refractivity contribution in [2.24, 2.45) is 5.92 Å². The maximum atomic E-state index is 13.4. The summed E-state index contributed by atoms with van der Waals surface area (Å²) in [4.78, 5) is 27.6. The number of aryl methyl sites for hydroxylation is 1. The van der Waals surface area contributed by atoms with Gasteiger partial charge in [-0.25, -0.2) is 8.42 Å². The van der Waals surface area contributed by atoms with Gasteiger partial charge >= 0.3 is 0 Å². The van der Waals surface area contributed by atoms with Crippen molar-refractivity contribution in [1.82, 2.24) is 10.2 Å². The van der Waals surface area contributed by atoms with E-state index in [1.807, 2.05) is 51.1 Å². The van der Waals surface area contributed by atoms with E-state index in [4.69, 9.17) is 0 Å². The van der Waals surface area contributed by atoms with Gasteiger partial charge in [-0.1, -0.05) is 61.9 Å². The normalized spacial score (nSPS) is 12.3. The van der Waals surface area contributed by atoms with Gasteiger partial charge in [-0.15, -0.1) is 0 Å². The maximum Gasteiger partial charge on any atom is 0.244 e. The molecule has 1 atom stereocenters. The number of amides is 2. The molecule has 0 saturated carbocycles. The third-order valence-corrected chi connectivity index (χ3v) is 6.48. The molecule has 0 unspecified atom stereocenters. The molecule has 1 N–H and O–H groups in total. The molecule has 8 heteroatoms. The van der Waals surface area contributed by atoms with E-state index in [0.717, 1.165) is 21.7 Å². The molecular weight excluding hydrogens is 438 g/mol. The maximum absolute atomic E-state index is 13.4. The van der Waals surface area contributed by atoms with Gasteiger partial charge in [-0.05, 0) is 43.9 Å². The van der Waals surface area contributed by atoms with Gasteiger partial charge in [0, 0.05) is 13.1 Å². The van der Waals surface area contributed by atoms with Gasteiger partial charge in [0.15, 0.2) is 0 Å². The Hall–Kier alpha value is -2.87. The molecule has 0 fully saturated rings. The Morgan fingerprint density at radius 2 is 1.58 bits per heavy atom. The van der Waals surface area contributed by atoms with Gasteiger partial charge < -0.3 is 10.2 Å². The number of carbonyl (C=O) groups is 2. The van der Waals surface area contributed by atoms with Crippen molar-refractivity contribution in [2.75, 3.05) is 30.2 Å². The van der Waals surface area contributed by atoms with Crippen molar-refractivity contribution in [3.63, 3.8) is 0 Å². The molecule has 0 aromatic heterocycles. The molecule has 7 nitrogen and oxygen atoms in total. The summed E-state index contributed by atoms with van der Waals surface area (Å²) in [7, 11) is -3.71. The van der Waals surface area contributed by atoms with Gasteiger partial charge in [-0.3, -0.25) is 13.9 Å². The smallest absolute Gasteiger partial charge is 0.244 e. The first kappa shape index (κ1) is 26.4. The number of benzene rings is 2. The molecule has 0 bridgehead atoms. The summed E-state index contributed by atoms with van der Waals surface area (Å²) < 4.78 is 26.1. The summed E-state index contributed by atoms with van der Waals surface area (Å²) in [6, 6.07) is 15.9. The minimum Gasteiger partial charge on any atom is -0.354 e. The van der Waals surface area contributed by atoms with Crippen molar-refractivity contribution < 1.29 is 18.0 Å². The van der Waals surface area contributed by atoms with Crippen molar-refractivity contribution in [3.05, 3.63) is 65.7 Å². The third kappa shape index (κ3) is 8.20. The molecule has 2 aromatic carbocycles. The van der Waals surface area contributed by atoms with Gasteiger partial charge in [-0.2, -0.15) is 0 Å².